The fourth-order valence-corrected chi connectivity index (χ4v) is 2.80. The molecule has 0 aliphatic carbocycles. The summed E-state index contributed by atoms with van der Waals surface area (Å²) in [6, 6.07) is 11.3. The van der Waals surface area contributed by atoms with E-state index < -0.39 is 17.8 Å². The molecule has 0 radical (unpaired) electrons. The van der Waals surface area contributed by atoms with Gasteiger partial charge in [-0.2, -0.15) is 0 Å². The molecule has 0 aromatic heterocycles. The number of imide groups is 1. The fourth-order valence-electron chi connectivity index (χ4n) is 2.34. The van der Waals surface area contributed by atoms with Gasteiger partial charge in [-0.25, -0.2) is 9.69 Å². The number of methoxy groups -OCH3 is 1. The van der Waals surface area contributed by atoms with Crippen molar-refractivity contribution in [2.75, 3.05) is 12.0 Å². The normalized spacial score (nSPS) is 13.3. The van der Waals surface area contributed by atoms with Crippen LogP contribution in [0.4, 0.5) is 5.69 Å². The van der Waals surface area contributed by atoms with Crippen molar-refractivity contribution in [1.29, 1.82) is 0 Å². The molecule has 3 rings (SSSR count). The average Bonchev–Trinajstić information content (AvgIpc) is 2.78. The molecule has 0 saturated carbocycles. The minimum Gasteiger partial charge on any atom is -0.465 e. The molecule has 5 nitrogen and oxygen atoms in total. The maximum absolute atomic E-state index is 12.6. The Morgan fingerprint density at radius 3 is 2.41 bits per heavy atom. The third kappa shape index (κ3) is 2.12. The highest BCUT2D eigenvalue weighted by molar-refractivity contribution is 9.10. The Morgan fingerprint density at radius 1 is 1.05 bits per heavy atom. The molecule has 0 N–H and O–H groups in total. The first kappa shape index (κ1) is 14.5. The van der Waals surface area contributed by atoms with Gasteiger partial charge in [0.05, 0.1) is 29.5 Å². The zero-order valence-corrected chi connectivity index (χ0v) is 13.1. The number of benzene rings is 2. The number of para-hydroxylation sites is 1. The molecule has 0 unspecified atom stereocenters. The van der Waals surface area contributed by atoms with Crippen LogP contribution in [0.15, 0.2) is 46.9 Å². The van der Waals surface area contributed by atoms with Crippen molar-refractivity contribution in [2.45, 2.75) is 0 Å². The van der Waals surface area contributed by atoms with Crippen molar-refractivity contribution < 1.29 is 19.1 Å². The van der Waals surface area contributed by atoms with E-state index in [0.29, 0.717) is 10.2 Å². The highest BCUT2D eigenvalue weighted by atomic mass is 79.9. The van der Waals surface area contributed by atoms with Gasteiger partial charge < -0.3 is 4.74 Å². The number of carbonyl (C=O) groups is 3. The third-order valence-corrected chi connectivity index (χ3v) is 4.07. The second-order valence-corrected chi connectivity index (χ2v) is 5.50. The van der Waals surface area contributed by atoms with Gasteiger partial charge in [0, 0.05) is 4.47 Å². The van der Waals surface area contributed by atoms with Crippen LogP contribution in [0.2, 0.25) is 0 Å². The van der Waals surface area contributed by atoms with Crippen LogP contribution in [0.1, 0.15) is 31.1 Å². The van der Waals surface area contributed by atoms with E-state index >= 15 is 0 Å². The summed E-state index contributed by atoms with van der Waals surface area (Å²) < 4.78 is 5.27. The van der Waals surface area contributed by atoms with Gasteiger partial charge in [-0.05, 0) is 46.3 Å². The SMILES string of the molecule is COC(=O)c1ccc2c(c1)C(=O)N(c1ccccc1Br)C2=O. The van der Waals surface area contributed by atoms with Gasteiger partial charge in [-0.1, -0.05) is 12.1 Å². The quantitative estimate of drug-likeness (QED) is 0.610. The van der Waals surface area contributed by atoms with Crippen LogP contribution < -0.4 is 4.90 Å². The minimum atomic E-state index is -0.553. The molecule has 22 heavy (non-hydrogen) atoms. The third-order valence-electron chi connectivity index (χ3n) is 3.40. The van der Waals surface area contributed by atoms with Gasteiger partial charge in [0.15, 0.2) is 0 Å². The lowest BCUT2D eigenvalue weighted by molar-refractivity contribution is 0.0600. The lowest BCUT2D eigenvalue weighted by Crippen LogP contribution is -2.29. The molecule has 6 heteroatoms. The van der Waals surface area contributed by atoms with Crippen molar-refractivity contribution in [2.24, 2.45) is 0 Å². The molecule has 0 saturated heterocycles. The molecule has 0 fully saturated rings. The summed E-state index contributed by atoms with van der Waals surface area (Å²) in [6.07, 6.45) is 0. The van der Waals surface area contributed by atoms with E-state index in [1.54, 1.807) is 24.3 Å². The number of esters is 1. The van der Waals surface area contributed by atoms with Gasteiger partial charge in [0.25, 0.3) is 11.8 Å². The van der Waals surface area contributed by atoms with Gasteiger partial charge in [-0.3, -0.25) is 9.59 Å². The standard InChI is InChI=1S/C16H10BrNO4/c1-22-16(21)9-6-7-10-11(8-9)15(20)18(14(10)19)13-5-3-2-4-12(13)17/h2-8H,1H3. The number of halogens is 1. The highest BCUT2D eigenvalue weighted by Crippen LogP contribution is 2.33. The number of hydrogen-bond acceptors (Lipinski definition) is 4. The Balaban J connectivity index is 2.09. The summed E-state index contributed by atoms with van der Waals surface area (Å²) in [5.74, 6) is -1.43. The Kier molecular flexibility index (Phi) is 3.54. The molecular weight excluding hydrogens is 350 g/mol. The number of nitrogens with zero attached hydrogens (tertiary/aromatic N) is 1. The fraction of sp³-hybridized carbons (Fsp3) is 0.0625. The van der Waals surface area contributed by atoms with E-state index in [4.69, 9.17) is 0 Å². The summed E-state index contributed by atoms with van der Waals surface area (Å²) in [5.41, 5.74) is 1.17. The van der Waals surface area contributed by atoms with E-state index in [2.05, 4.69) is 20.7 Å². The van der Waals surface area contributed by atoms with E-state index in [1.165, 1.54) is 25.3 Å². The molecule has 0 spiro atoms. The number of carbonyl (C=O) groups excluding carboxylic acids is 3. The van der Waals surface area contributed by atoms with E-state index in [9.17, 15) is 14.4 Å². The second-order valence-electron chi connectivity index (χ2n) is 4.65. The van der Waals surface area contributed by atoms with E-state index in [1.807, 2.05) is 0 Å². The van der Waals surface area contributed by atoms with Gasteiger partial charge in [-0.15, -0.1) is 0 Å². The monoisotopic (exact) mass is 359 g/mol. The topological polar surface area (TPSA) is 63.7 Å². The lowest BCUT2D eigenvalue weighted by Gasteiger charge is -2.15. The van der Waals surface area contributed by atoms with Gasteiger partial charge in [0.1, 0.15) is 0 Å². The van der Waals surface area contributed by atoms with Crippen molar-refractivity contribution in [1.82, 2.24) is 0 Å². The average molecular weight is 360 g/mol. The Morgan fingerprint density at radius 2 is 1.73 bits per heavy atom. The van der Waals surface area contributed by atoms with Crippen LogP contribution in [0.25, 0.3) is 0 Å². The molecule has 2 amide bonds. The molecule has 2 aromatic rings. The summed E-state index contributed by atoms with van der Waals surface area (Å²) in [5, 5.41) is 0. The maximum Gasteiger partial charge on any atom is 0.337 e. The molecule has 1 aliphatic rings. The van der Waals surface area contributed by atoms with E-state index in [-0.39, 0.29) is 16.7 Å². The Labute approximate surface area is 134 Å². The van der Waals surface area contributed by atoms with Gasteiger partial charge >= 0.3 is 5.97 Å². The molecule has 110 valence electrons. The van der Waals surface area contributed by atoms with Crippen LogP contribution in [0.5, 0.6) is 0 Å². The number of fused-ring (bicyclic) bond motifs is 1. The van der Waals surface area contributed by atoms with Crippen LogP contribution in [0.3, 0.4) is 0 Å². The number of hydrogen-bond donors (Lipinski definition) is 0. The maximum atomic E-state index is 12.6. The molecule has 1 aliphatic heterocycles. The Hall–Kier alpha value is -2.47. The number of amides is 2. The molecule has 0 bridgehead atoms. The lowest BCUT2D eigenvalue weighted by atomic mass is 10.1. The Bertz CT molecular complexity index is 816. The first-order valence-corrected chi connectivity index (χ1v) is 7.19. The summed E-state index contributed by atoms with van der Waals surface area (Å²) in [6.45, 7) is 0. The molecular formula is C16H10BrNO4. The van der Waals surface area contributed by atoms with Crippen LogP contribution in [-0.4, -0.2) is 24.9 Å². The predicted octanol–water partition coefficient (Wildman–Crippen LogP) is 3.04. The van der Waals surface area contributed by atoms with Crippen LogP contribution in [0, 0.1) is 0 Å². The largest absolute Gasteiger partial charge is 0.465 e. The summed E-state index contributed by atoms with van der Waals surface area (Å²) in [7, 11) is 1.26. The zero-order valence-electron chi connectivity index (χ0n) is 11.5. The summed E-state index contributed by atoms with van der Waals surface area (Å²) >= 11 is 3.33. The van der Waals surface area contributed by atoms with Crippen molar-refractivity contribution in [3.8, 4) is 0 Å². The predicted molar refractivity (Wildman–Crippen MR) is 83.1 cm³/mol. The zero-order chi connectivity index (χ0) is 15.9. The van der Waals surface area contributed by atoms with Crippen molar-refractivity contribution in [3.63, 3.8) is 0 Å². The highest BCUT2D eigenvalue weighted by Gasteiger charge is 2.37. The van der Waals surface area contributed by atoms with E-state index in [0.717, 1.165) is 4.90 Å². The molecule has 1 heterocycles. The number of rotatable bonds is 2. The minimum absolute atomic E-state index is 0.198. The second kappa shape index (κ2) is 5.38. The van der Waals surface area contributed by atoms with Crippen LogP contribution >= 0.6 is 15.9 Å². The number of ether oxygens (including phenoxy) is 1. The van der Waals surface area contributed by atoms with Crippen molar-refractivity contribution in [3.05, 3.63) is 63.6 Å². The molecule has 0 atom stereocenters. The molecule has 2 aromatic carbocycles. The van der Waals surface area contributed by atoms with Crippen LogP contribution in [-0.2, 0) is 4.74 Å². The summed E-state index contributed by atoms with van der Waals surface area (Å²) in [4.78, 5) is 37.7. The smallest absolute Gasteiger partial charge is 0.337 e. The van der Waals surface area contributed by atoms with Gasteiger partial charge in [0.2, 0.25) is 0 Å². The first-order valence-electron chi connectivity index (χ1n) is 6.40. The number of anilines is 1. The first-order chi connectivity index (χ1) is 10.5. The van der Waals surface area contributed by atoms with Crippen molar-refractivity contribution >= 4 is 39.4 Å².